The molecular formula is C25H25F3N4O5S. The van der Waals surface area contributed by atoms with E-state index in [1.54, 1.807) is 37.4 Å². The summed E-state index contributed by atoms with van der Waals surface area (Å²) >= 11 is 1.29. The van der Waals surface area contributed by atoms with Crippen molar-refractivity contribution < 1.29 is 37.0 Å². The molecule has 9 nitrogen and oxygen atoms in total. The molecule has 0 unspecified atom stereocenters. The highest BCUT2D eigenvalue weighted by Gasteiger charge is 2.30. The second kappa shape index (κ2) is 13.4. The molecule has 3 rings (SSSR count). The van der Waals surface area contributed by atoms with Gasteiger partial charge in [-0.25, -0.2) is 4.98 Å². The van der Waals surface area contributed by atoms with Gasteiger partial charge in [0.2, 0.25) is 5.13 Å². The molecule has 2 N–H and O–H groups in total. The zero-order valence-corrected chi connectivity index (χ0v) is 21.3. The van der Waals surface area contributed by atoms with Gasteiger partial charge in [-0.05, 0) is 55.8 Å². The molecule has 0 aliphatic heterocycles. The van der Waals surface area contributed by atoms with Crippen LogP contribution in [0.3, 0.4) is 0 Å². The molecule has 0 aliphatic carbocycles. The number of hydrazone groups is 1. The fourth-order valence-electron chi connectivity index (χ4n) is 3.07. The average molecular weight is 551 g/mol. The summed E-state index contributed by atoms with van der Waals surface area (Å²) in [6.07, 6.45) is -2.91. The average Bonchev–Trinajstić information content (AvgIpc) is 3.30. The number of alkyl halides is 3. The molecule has 0 saturated heterocycles. The first-order chi connectivity index (χ1) is 18.2. The second-order valence-electron chi connectivity index (χ2n) is 7.55. The lowest BCUT2D eigenvalue weighted by molar-refractivity contribution is -0.142. The molecule has 2 aromatic carbocycles. The van der Waals surface area contributed by atoms with Crippen molar-refractivity contribution in [2.45, 2.75) is 26.4 Å². The maximum Gasteiger partial charge on any atom is 0.416 e. The molecule has 1 heterocycles. The quantitative estimate of drug-likeness (QED) is 0.183. The lowest BCUT2D eigenvalue weighted by atomic mass is 10.2. The Morgan fingerprint density at radius 2 is 1.89 bits per heavy atom. The van der Waals surface area contributed by atoms with Crippen LogP contribution in [0.4, 0.5) is 24.0 Å². The number of thiazole rings is 1. The van der Waals surface area contributed by atoms with E-state index in [1.807, 2.05) is 0 Å². The first-order valence-electron chi connectivity index (χ1n) is 11.4. The minimum Gasteiger partial charge on any atom is -0.490 e. The van der Waals surface area contributed by atoms with Crippen molar-refractivity contribution in [2.24, 2.45) is 5.10 Å². The molecule has 0 radical (unpaired) electrons. The topological polar surface area (TPSA) is 111 Å². The Kier molecular flexibility index (Phi) is 10.0. The number of nitrogens with one attached hydrogen (secondary N) is 2. The molecule has 0 aliphatic rings. The number of rotatable bonds is 12. The lowest BCUT2D eigenvalue weighted by Crippen LogP contribution is -2.20. The third-order valence-electron chi connectivity index (χ3n) is 4.66. The number of aromatic nitrogens is 1. The summed E-state index contributed by atoms with van der Waals surface area (Å²) < 4.78 is 54.6. The molecule has 202 valence electrons. The number of carbonyl (C=O) groups excluding carboxylic acids is 2. The molecule has 3 aromatic rings. The van der Waals surface area contributed by atoms with E-state index < -0.39 is 24.3 Å². The van der Waals surface area contributed by atoms with Gasteiger partial charge in [0.15, 0.2) is 18.1 Å². The maximum absolute atomic E-state index is 12.9. The number of nitrogens with zero attached hydrogens (tertiary/aromatic N) is 2. The van der Waals surface area contributed by atoms with E-state index in [-0.39, 0.29) is 23.8 Å². The Bertz CT molecular complexity index is 1280. The number of amides is 1. The largest absolute Gasteiger partial charge is 0.490 e. The monoisotopic (exact) mass is 550 g/mol. The molecule has 0 saturated carbocycles. The van der Waals surface area contributed by atoms with Crippen LogP contribution in [0.2, 0.25) is 0 Å². The lowest BCUT2D eigenvalue weighted by Gasteiger charge is -2.13. The van der Waals surface area contributed by atoms with Crippen molar-refractivity contribution in [1.82, 2.24) is 4.98 Å². The van der Waals surface area contributed by atoms with E-state index in [9.17, 15) is 22.8 Å². The predicted molar refractivity (Wildman–Crippen MR) is 137 cm³/mol. The minimum atomic E-state index is -4.52. The van der Waals surface area contributed by atoms with E-state index in [1.165, 1.54) is 29.7 Å². The molecule has 0 spiro atoms. The fourth-order valence-corrected chi connectivity index (χ4v) is 3.73. The molecule has 1 amide bonds. The zero-order chi connectivity index (χ0) is 27.5. The third-order valence-corrected chi connectivity index (χ3v) is 5.45. The Labute approximate surface area is 220 Å². The van der Waals surface area contributed by atoms with Gasteiger partial charge in [-0.2, -0.15) is 18.3 Å². The summed E-state index contributed by atoms with van der Waals surface area (Å²) in [6, 6.07) is 9.25. The van der Waals surface area contributed by atoms with Crippen LogP contribution in [0.15, 0.2) is 52.9 Å². The Morgan fingerprint density at radius 3 is 2.63 bits per heavy atom. The minimum absolute atomic E-state index is 0.00533. The molecule has 38 heavy (non-hydrogen) atoms. The van der Waals surface area contributed by atoms with E-state index in [0.717, 1.165) is 12.1 Å². The van der Waals surface area contributed by atoms with Crippen molar-refractivity contribution in [3.63, 3.8) is 0 Å². The SMILES string of the molecule is CCOC(=O)Cc1csc(NN=Cc2ccc(OCC(=O)Nc3cccc(C(F)(F)F)c3)c(OCC)c2)n1. The van der Waals surface area contributed by atoms with Crippen LogP contribution in [0.5, 0.6) is 11.5 Å². The Morgan fingerprint density at radius 1 is 1.08 bits per heavy atom. The maximum atomic E-state index is 12.9. The van der Waals surface area contributed by atoms with Gasteiger partial charge in [-0.1, -0.05) is 6.07 Å². The van der Waals surface area contributed by atoms with Gasteiger partial charge in [-0.15, -0.1) is 11.3 Å². The van der Waals surface area contributed by atoms with Crippen molar-refractivity contribution in [3.05, 3.63) is 64.7 Å². The van der Waals surface area contributed by atoms with E-state index >= 15 is 0 Å². The number of hydrogen-bond acceptors (Lipinski definition) is 9. The van der Waals surface area contributed by atoms with Crippen LogP contribution in [0.25, 0.3) is 0 Å². The molecule has 13 heteroatoms. The summed E-state index contributed by atoms with van der Waals surface area (Å²) in [7, 11) is 0. The number of carbonyl (C=O) groups is 2. The number of hydrogen-bond donors (Lipinski definition) is 2. The number of halogens is 3. The fraction of sp³-hybridized carbons (Fsp3) is 0.280. The Balaban J connectivity index is 1.57. The molecular weight excluding hydrogens is 525 g/mol. The van der Waals surface area contributed by atoms with Crippen molar-refractivity contribution in [2.75, 3.05) is 30.6 Å². The van der Waals surface area contributed by atoms with Gasteiger partial charge in [0.05, 0.1) is 37.1 Å². The summed E-state index contributed by atoms with van der Waals surface area (Å²) in [5.41, 5.74) is 3.16. The summed E-state index contributed by atoms with van der Waals surface area (Å²) in [5.74, 6) is -0.354. The molecule has 0 fully saturated rings. The third kappa shape index (κ3) is 8.76. The van der Waals surface area contributed by atoms with Crippen molar-refractivity contribution >= 4 is 40.2 Å². The summed E-state index contributed by atoms with van der Waals surface area (Å²) in [5, 5.41) is 8.75. The summed E-state index contributed by atoms with van der Waals surface area (Å²) in [6.45, 7) is 3.71. The van der Waals surface area contributed by atoms with Crippen LogP contribution in [0, 0.1) is 0 Å². The first-order valence-corrected chi connectivity index (χ1v) is 12.3. The van der Waals surface area contributed by atoms with Crippen molar-refractivity contribution in [3.8, 4) is 11.5 Å². The standard InChI is InChI=1S/C25H25F3N4O5S/c1-3-35-21-10-16(13-29-32-24-31-19(15-38-24)12-23(34)36-4-2)8-9-20(21)37-14-22(33)30-18-7-5-6-17(11-18)25(26,27)28/h5-11,13,15H,3-4,12,14H2,1-2H3,(H,30,33)(H,31,32). The number of esters is 1. The Hall–Kier alpha value is -4.13. The normalized spacial score (nSPS) is 11.3. The first kappa shape index (κ1) is 28.4. The molecule has 1 aromatic heterocycles. The van der Waals surface area contributed by atoms with Gasteiger partial charge in [0, 0.05) is 11.1 Å². The van der Waals surface area contributed by atoms with Crippen LogP contribution in [-0.4, -0.2) is 42.9 Å². The van der Waals surface area contributed by atoms with Gasteiger partial charge in [0.1, 0.15) is 0 Å². The van der Waals surface area contributed by atoms with Crippen LogP contribution >= 0.6 is 11.3 Å². The highest BCUT2D eigenvalue weighted by molar-refractivity contribution is 7.13. The predicted octanol–water partition coefficient (Wildman–Crippen LogP) is 5.13. The van der Waals surface area contributed by atoms with E-state index in [2.05, 4.69) is 20.8 Å². The van der Waals surface area contributed by atoms with Crippen molar-refractivity contribution in [1.29, 1.82) is 0 Å². The van der Waals surface area contributed by atoms with Crippen LogP contribution in [0.1, 0.15) is 30.7 Å². The second-order valence-corrected chi connectivity index (χ2v) is 8.41. The zero-order valence-electron chi connectivity index (χ0n) is 20.5. The smallest absolute Gasteiger partial charge is 0.416 e. The van der Waals surface area contributed by atoms with E-state index in [4.69, 9.17) is 14.2 Å². The number of ether oxygens (including phenoxy) is 3. The molecule has 0 atom stereocenters. The number of benzene rings is 2. The van der Waals surface area contributed by atoms with Gasteiger partial charge < -0.3 is 19.5 Å². The van der Waals surface area contributed by atoms with Crippen LogP contribution < -0.4 is 20.2 Å². The highest BCUT2D eigenvalue weighted by atomic mass is 32.1. The van der Waals surface area contributed by atoms with Gasteiger partial charge in [0.25, 0.3) is 5.91 Å². The van der Waals surface area contributed by atoms with E-state index in [0.29, 0.717) is 35.4 Å². The van der Waals surface area contributed by atoms with Gasteiger partial charge >= 0.3 is 12.1 Å². The number of anilines is 2. The highest BCUT2D eigenvalue weighted by Crippen LogP contribution is 2.31. The van der Waals surface area contributed by atoms with Crippen LogP contribution in [-0.2, 0) is 26.9 Å². The summed E-state index contributed by atoms with van der Waals surface area (Å²) in [4.78, 5) is 28.1. The van der Waals surface area contributed by atoms with Gasteiger partial charge in [-0.3, -0.25) is 15.0 Å². The molecule has 0 bridgehead atoms.